The summed E-state index contributed by atoms with van der Waals surface area (Å²) in [6, 6.07) is 0. The largest absolute Gasteiger partial charge is 0.522 e. The van der Waals surface area contributed by atoms with Gasteiger partial charge in [0.1, 0.15) is 6.17 Å². The Morgan fingerprint density at radius 1 is 1.00 bits per heavy atom. The molecule has 0 saturated carbocycles. The summed E-state index contributed by atoms with van der Waals surface area (Å²) >= 11 is 0. The Balaban J connectivity index is 3.10. The molecule has 0 amide bonds. The molecular weight excluding hydrogens is 228 g/mol. The van der Waals surface area contributed by atoms with Gasteiger partial charge in [0.05, 0.1) is 13.2 Å². The second-order valence-corrected chi connectivity index (χ2v) is 3.63. The van der Waals surface area contributed by atoms with Gasteiger partial charge in [-0.05, 0) is 12.8 Å². The number of hydrogen-bond acceptors (Lipinski definition) is 2. The summed E-state index contributed by atoms with van der Waals surface area (Å²) in [5.74, 6) is 0. The number of aliphatic hydroxyl groups excluding tert-OH is 1. The van der Waals surface area contributed by atoms with E-state index in [1.807, 2.05) is 0 Å². The van der Waals surface area contributed by atoms with Crippen LogP contribution in [0, 0.1) is 0 Å². The molecule has 2 nitrogen and oxygen atoms in total. The molecule has 0 aromatic heterocycles. The van der Waals surface area contributed by atoms with Crippen molar-refractivity contribution in [1.29, 1.82) is 0 Å². The summed E-state index contributed by atoms with van der Waals surface area (Å²) in [5.41, 5.74) is 0. The zero-order valence-electron chi connectivity index (χ0n) is 9.10. The van der Waals surface area contributed by atoms with Crippen LogP contribution in [-0.4, -0.2) is 30.9 Å². The predicted molar refractivity (Wildman–Crippen MR) is 51.7 cm³/mol. The van der Waals surface area contributed by atoms with E-state index in [1.54, 1.807) is 0 Å². The van der Waals surface area contributed by atoms with Crippen LogP contribution in [0.2, 0.25) is 0 Å². The maximum atomic E-state index is 12.5. The molecule has 0 fully saturated rings. The summed E-state index contributed by atoms with van der Waals surface area (Å²) in [4.78, 5) is 0. The van der Waals surface area contributed by atoms with E-state index in [-0.39, 0.29) is 6.61 Å². The highest BCUT2D eigenvalue weighted by Crippen LogP contribution is 2.17. The Morgan fingerprint density at radius 2 is 1.56 bits per heavy atom. The van der Waals surface area contributed by atoms with Crippen molar-refractivity contribution in [3.63, 3.8) is 0 Å². The lowest BCUT2D eigenvalue weighted by Gasteiger charge is -2.07. The van der Waals surface area contributed by atoms with Gasteiger partial charge in [-0.15, -0.1) is 13.2 Å². The molecule has 16 heavy (non-hydrogen) atoms. The van der Waals surface area contributed by atoms with Gasteiger partial charge in [-0.25, -0.2) is 4.39 Å². The number of hydrogen-bond donors (Lipinski definition) is 1. The van der Waals surface area contributed by atoms with E-state index >= 15 is 0 Å². The summed E-state index contributed by atoms with van der Waals surface area (Å²) in [5, 5.41) is 8.39. The normalized spacial score (nSPS) is 14.1. The first-order chi connectivity index (χ1) is 7.45. The van der Waals surface area contributed by atoms with Gasteiger partial charge in [0.15, 0.2) is 0 Å². The molecule has 98 valence electrons. The Labute approximate surface area is 92.6 Å². The third kappa shape index (κ3) is 11.7. The molecule has 0 heterocycles. The van der Waals surface area contributed by atoms with Crippen LogP contribution in [0.25, 0.3) is 0 Å². The molecule has 0 aliphatic heterocycles. The maximum absolute atomic E-state index is 12.5. The smallest absolute Gasteiger partial charge is 0.393 e. The number of halogens is 4. The highest BCUT2D eigenvalue weighted by Gasteiger charge is 2.28. The number of rotatable bonds is 9. The predicted octanol–water partition coefficient (Wildman–Crippen LogP) is 3.19. The van der Waals surface area contributed by atoms with E-state index in [0.717, 1.165) is 12.8 Å². The molecule has 6 heteroatoms. The fraction of sp³-hybridized carbons (Fsp3) is 1.00. The van der Waals surface area contributed by atoms with Crippen LogP contribution in [0.4, 0.5) is 17.6 Å². The highest BCUT2D eigenvalue weighted by atomic mass is 19.4. The summed E-state index contributed by atoms with van der Waals surface area (Å²) in [6.45, 7) is -0.773. The second kappa shape index (κ2) is 8.75. The topological polar surface area (TPSA) is 29.5 Å². The van der Waals surface area contributed by atoms with Crippen molar-refractivity contribution in [3.05, 3.63) is 0 Å². The average molecular weight is 246 g/mol. The molecule has 0 aliphatic rings. The fourth-order valence-corrected chi connectivity index (χ4v) is 1.28. The van der Waals surface area contributed by atoms with Crippen molar-refractivity contribution in [1.82, 2.24) is 0 Å². The molecule has 0 aliphatic carbocycles. The molecule has 0 radical (unpaired) electrons. The van der Waals surface area contributed by atoms with Crippen molar-refractivity contribution in [2.24, 2.45) is 0 Å². The lowest BCUT2D eigenvalue weighted by Crippen LogP contribution is -2.13. The van der Waals surface area contributed by atoms with Crippen LogP contribution in [0.5, 0.6) is 0 Å². The molecule has 0 bridgehead atoms. The van der Waals surface area contributed by atoms with E-state index in [1.165, 1.54) is 0 Å². The molecular formula is C10H18F4O2. The zero-order valence-corrected chi connectivity index (χ0v) is 9.10. The first-order valence-electron chi connectivity index (χ1n) is 5.41. The first-order valence-corrected chi connectivity index (χ1v) is 5.41. The number of alkyl halides is 4. The first kappa shape index (κ1) is 15.6. The van der Waals surface area contributed by atoms with Gasteiger partial charge in [-0.3, -0.25) is 4.74 Å². The summed E-state index contributed by atoms with van der Waals surface area (Å²) in [6.07, 6.45) is -2.20. The lowest BCUT2D eigenvalue weighted by molar-refractivity contribution is -0.324. The minimum Gasteiger partial charge on any atom is -0.393 e. The summed E-state index contributed by atoms with van der Waals surface area (Å²) in [7, 11) is 0. The highest BCUT2D eigenvalue weighted by molar-refractivity contribution is 4.54. The Kier molecular flexibility index (Phi) is 8.56. The van der Waals surface area contributed by atoms with Crippen LogP contribution >= 0.6 is 0 Å². The average Bonchev–Trinajstić information content (AvgIpc) is 2.20. The van der Waals surface area contributed by atoms with Gasteiger partial charge >= 0.3 is 6.36 Å². The van der Waals surface area contributed by atoms with E-state index in [4.69, 9.17) is 5.11 Å². The maximum Gasteiger partial charge on any atom is 0.522 e. The minimum atomic E-state index is -4.54. The Hall–Kier alpha value is -0.360. The number of unbranched alkanes of at least 4 members (excludes halogenated alkanes) is 4. The third-order valence-corrected chi connectivity index (χ3v) is 2.13. The van der Waals surface area contributed by atoms with Crippen molar-refractivity contribution in [2.45, 2.75) is 51.1 Å². The molecule has 1 atom stereocenters. The summed E-state index contributed by atoms with van der Waals surface area (Å²) < 4.78 is 50.7. The monoisotopic (exact) mass is 246 g/mol. The molecule has 0 aromatic carbocycles. The molecule has 1 N–H and O–H groups in total. The number of aliphatic hydroxyl groups is 1. The molecule has 0 aromatic rings. The standard InChI is InChI=1S/C10H18F4O2/c11-9(8-15)6-4-2-1-3-5-7-16-10(12,13)14/h9,15H,1-8H2. The van der Waals surface area contributed by atoms with E-state index in [9.17, 15) is 17.6 Å². The van der Waals surface area contributed by atoms with Gasteiger partial charge in [0.2, 0.25) is 0 Å². The molecule has 1 unspecified atom stereocenters. The quantitative estimate of drug-likeness (QED) is 0.500. The van der Waals surface area contributed by atoms with E-state index in [0.29, 0.717) is 25.7 Å². The van der Waals surface area contributed by atoms with Crippen molar-refractivity contribution < 1.29 is 27.4 Å². The van der Waals surface area contributed by atoms with Crippen LogP contribution in [0.3, 0.4) is 0 Å². The SMILES string of the molecule is OCC(F)CCCCCCCOC(F)(F)F. The lowest BCUT2D eigenvalue weighted by atomic mass is 10.1. The van der Waals surface area contributed by atoms with Gasteiger partial charge in [0.25, 0.3) is 0 Å². The van der Waals surface area contributed by atoms with Crippen LogP contribution < -0.4 is 0 Å². The Morgan fingerprint density at radius 3 is 2.12 bits per heavy atom. The zero-order chi connectivity index (χ0) is 12.4. The van der Waals surface area contributed by atoms with E-state index < -0.39 is 19.1 Å². The molecule has 0 spiro atoms. The van der Waals surface area contributed by atoms with Crippen LogP contribution in [0.1, 0.15) is 38.5 Å². The van der Waals surface area contributed by atoms with Crippen molar-refractivity contribution in [2.75, 3.05) is 13.2 Å². The number of ether oxygens (including phenoxy) is 1. The Bertz CT molecular complexity index is 161. The second-order valence-electron chi connectivity index (χ2n) is 3.63. The van der Waals surface area contributed by atoms with Crippen LogP contribution in [-0.2, 0) is 4.74 Å². The van der Waals surface area contributed by atoms with Gasteiger partial charge in [0, 0.05) is 0 Å². The molecule has 0 rings (SSSR count). The fourth-order valence-electron chi connectivity index (χ4n) is 1.28. The minimum absolute atomic E-state index is 0.314. The third-order valence-electron chi connectivity index (χ3n) is 2.13. The van der Waals surface area contributed by atoms with Gasteiger partial charge < -0.3 is 5.11 Å². The molecule has 0 saturated heterocycles. The van der Waals surface area contributed by atoms with Gasteiger partial charge in [-0.2, -0.15) is 0 Å². The van der Waals surface area contributed by atoms with Gasteiger partial charge in [-0.1, -0.05) is 25.7 Å². The van der Waals surface area contributed by atoms with Crippen LogP contribution in [0.15, 0.2) is 0 Å². The van der Waals surface area contributed by atoms with Crippen molar-refractivity contribution in [3.8, 4) is 0 Å². The van der Waals surface area contributed by atoms with E-state index in [2.05, 4.69) is 4.74 Å². The van der Waals surface area contributed by atoms with Crippen molar-refractivity contribution >= 4 is 0 Å².